The molecule has 0 saturated carbocycles. The van der Waals surface area contributed by atoms with Crippen molar-refractivity contribution >= 4 is 12.0 Å². The molecule has 0 fully saturated rings. The van der Waals surface area contributed by atoms with Gasteiger partial charge in [-0.2, -0.15) is 0 Å². The van der Waals surface area contributed by atoms with Gasteiger partial charge in [-0.1, -0.05) is 12.1 Å². The molecule has 0 saturated heterocycles. The van der Waals surface area contributed by atoms with Gasteiger partial charge in [-0.25, -0.2) is 0 Å². The van der Waals surface area contributed by atoms with Crippen LogP contribution in [0.15, 0.2) is 30.5 Å². The van der Waals surface area contributed by atoms with Crippen LogP contribution in [0.25, 0.3) is 6.08 Å². The Kier molecular flexibility index (Phi) is 5.15. The summed E-state index contributed by atoms with van der Waals surface area (Å²) in [7, 11) is 0. The van der Waals surface area contributed by atoms with Crippen LogP contribution in [0.5, 0.6) is 0 Å². The summed E-state index contributed by atoms with van der Waals surface area (Å²) < 4.78 is 0. The fraction of sp³-hybridized carbons (Fsp3) is 0.333. The van der Waals surface area contributed by atoms with Crippen LogP contribution in [-0.2, 0) is 4.79 Å². The second-order valence-corrected chi connectivity index (χ2v) is 3.30. The lowest BCUT2D eigenvalue weighted by molar-refractivity contribution is -0.137. The number of hydrogen-bond donors (Lipinski definition) is 1. The van der Waals surface area contributed by atoms with Crippen LogP contribution in [-0.4, -0.2) is 16.1 Å². The Bertz CT molecular complexity index is 320. The first-order chi connectivity index (χ1) is 7.29. The van der Waals surface area contributed by atoms with Crippen molar-refractivity contribution in [1.82, 2.24) is 4.98 Å². The SMILES string of the molecule is O=C(O)CCCCC=Cc1ccccn1. The molecule has 0 bridgehead atoms. The fourth-order valence-electron chi connectivity index (χ4n) is 1.22. The van der Waals surface area contributed by atoms with Gasteiger partial charge < -0.3 is 5.11 Å². The minimum atomic E-state index is -0.719. The standard InChI is InChI=1S/C12H15NO2/c14-12(15)9-4-2-1-3-7-11-8-5-6-10-13-11/h3,5-8,10H,1-2,4,9H2,(H,14,15). The summed E-state index contributed by atoms with van der Waals surface area (Å²) in [5.74, 6) is -0.719. The minimum absolute atomic E-state index is 0.261. The fourth-order valence-corrected chi connectivity index (χ4v) is 1.22. The number of carboxylic acid groups (broad SMARTS) is 1. The predicted molar refractivity (Wildman–Crippen MR) is 59.4 cm³/mol. The molecule has 0 atom stereocenters. The topological polar surface area (TPSA) is 50.2 Å². The first-order valence-corrected chi connectivity index (χ1v) is 5.08. The molecule has 1 aromatic heterocycles. The molecule has 3 nitrogen and oxygen atoms in total. The molecule has 0 aliphatic heterocycles. The number of rotatable bonds is 6. The highest BCUT2D eigenvalue weighted by Gasteiger charge is 1.94. The maximum absolute atomic E-state index is 10.2. The Balaban J connectivity index is 2.15. The molecule has 0 aliphatic carbocycles. The van der Waals surface area contributed by atoms with Gasteiger partial charge >= 0.3 is 5.97 Å². The van der Waals surface area contributed by atoms with Crippen LogP contribution < -0.4 is 0 Å². The van der Waals surface area contributed by atoms with Gasteiger partial charge in [-0.05, 0) is 37.5 Å². The Morgan fingerprint density at radius 1 is 1.40 bits per heavy atom. The molecule has 80 valence electrons. The Hall–Kier alpha value is -1.64. The minimum Gasteiger partial charge on any atom is -0.481 e. The summed E-state index contributed by atoms with van der Waals surface area (Å²) in [6.45, 7) is 0. The number of carbonyl (C=O) groups is 1. The van der Waals surface area contributed by atoms with E-state index in [-0.39, 0.29) is 6.42 Å². The molecule has 1 heterocycles. The van der Waals surface area contributed by atoms with Crippen molar-refractivity contribution < 1.29 is 9.90 Å². The molecule has 0 aromatic carbocycles. The highest BCUT2D eigenvalue weighted by molar-refractivity contribution is 5.66. The van der Waals surface area contributed by atoms with Crippen LogP contribution >= 0.6 is 0 Å². The van der Waals surface area contributed by atoms with Crippen LogP contribution in [0, 0.1) is 0 Å². The number of aromatic nitrogens is 1. The highest BCUT2D eigenvalue weighted by atomic mass is 16.4. The lowest BCUT2D eigenvalue weighted by Gasteiger charge is -1.93. The average Bonchev–Trinajstić information content (AvgIpc) is 2.24. The number of hydrogen-bond acceptors (Lipinski definition) is 2. The van der Waals surface area contributed by atoms with E-state index < -0.39 is 5.97 Å². The van der Waals surface area contributed by atoms with Crippen molar-refractivity contribution in [2.45, 2.75) is 25.7 Å². The molecule has 0 unspecified atom stereocenters. The van der Waals surface area contributed by atoms with E-state index in [1.165, 1.54) is 0 Å². The van der Waals surface area contributed by atoms with Crippen molar-refractivity contribution in [3.05, 3.63) is 36.2 Å². The second-order valence-electron chi connectivity index (χ2n) is 3.30. The van der Waals surface area contributed by atoms with Gasteiger partial charge in [0.15, 0.2) is 0 Å². The zero-order chi connectivity index (χ0) is 10.9. The molecule has 3 heteroatoms. The predicted octanol–water partition coefficient (Wildman–Crippen LogP) is 2.74. The lowest BCUT2D eigenvalue weighted by Crippen LogP contribution is -1.92. The third-order valence-corrected chi connectivity index (χ3v) is 1.99. The van der Waals surface area contributed by atoms with Gasteiger partial charge in [-0.3, -0.25) is 9.78 Å². The maximum Gasteiger partial charge on any atom is 0.303 e. The zero-order valence-corrected chi connectivity index (χ0v) is 8.60. The molecule has 15 heavy (non-hydrogen) atoms. The van der Waals surface area contributed by atoms with E-state index in [9.17, 15) is 4.79 Å². The molecule has 1 aromatic rings. The van der Waals surface area contributed by atoms with E-state index in [2.05, 4.69) is 4.98 Å². The number of pyridine rings is 1. The van der Waals surface area contributed by atoms with Crippen LogP contribution in [0.3, 0.4) is 0 Å². The maximum atomic E-state index is 10.2. The Morgan fingerprint density at radius 3 is 2.93 bits per heavy atom. The van der Waals surface area contributed by atoms with Crippen LogP contribution in [0.1, 0.15) is 31.4 Å². The number of allylic oxidation sites excluding steroid dienone is 1. The van der Waals surface area contributed by atoms with Crippen molar-refractivity contribution in [3.8, 4) is 0 Å². The van der Waals surface area contributed by atoms with Gasteiger partial charge in [0, 0.05) is 12.6 Å². The third kappa shape index (κ3) is 5.62. The van der Waals surface area contributed by atoms with Crippen LogP contribution in [0.4, 0.5) is 0 Å². The average molecular weight is 205 g/mol. The lowest BCUT2D eigenvalue weighted by atomic mass is 10.2. The van der Waals surface area contributed by atoms with E-state index in [4.69, 9.17) is 5.11 Å². The molecular formula is C12H15NO2. The molecule has 1 N–H and O–H groups in total. The molecule has 0 amide bonds. The number of unbranched alkanes of at least 4 members (excludes halogenated alkanes) is 2. The number of carboxylic acids is 1. The van der Waals surface area contributed by atoms with Gasteiger partial charge in [0.05, 0.1) is 5.69 Å². The normalized spacial score (nSPS) is 10.7. The van der Waals surface area contributed by atoms with Crippen molar-refractivity contribution in [1.29, 1.82) is 0 Å². The van der Waals surface area contributed by atoms with Crippen molar-refractivity contribution in [2.24, 2.45) is 0 Å². The summed E-state index contributed by atoms with van der Waals surface area (Å²) in [5, 5.41) is 8.42. The molecule has 0 radical (unpaired) electrons. The molecule has 0 aliphatic rings. The smallest absolute Gasteiger partial charge is 0.303 e. The highest BCUT2D eigenvalue weighted by Crippen LogP contribution is 2.03. The van der Waals surface area contributed by atoms with Crippen LogP contribution in [0.2, 0.25) is 0 Å². The van der Waals surface area contributed by atoms with E-state index in [0.717, 1.165) is 25.0 Å². The van der Waals surface area contributed by atoms with Gasteiger partial charge in [0.1, 0.15) is 0 Å². The summed E-state index contributed by atoms with van der Waals surface area (Å²) in [4.78, 5) is 14.4. The number of aliphatic carboxylic acids is 1. The zero-order valence-electron chi connectivity index (χ0n) is 8.60. The Morgan fingerprint density at radius 2 is 2.27 bits per heavy atom. The monoisotopic (exact) mass is 205 g/mol. The molecule has 1 rings (SSSR count). The molecular weight excluding hydrogens is 190 g/mol. The summed E-state index contributed by atoms with van der Waals surface area (Å²) in [5.41, 5.74) is 0.940. The first kappa shape index (κ1) is 11.4. The summed E-state index contributed by atoms with van der Waals surface area (Å²) >= 11 is 0. The molecule has 0 spiro atoms. The third-order valence-electron chi connectivity index (χ3n) is 1.99. The largest absolute Gasteiger partial charge is 0.481 e. The van der Waals surface area contributed by atoms with Gasteiger partial charge in [0.2, 0.25) is 0 Å². The summed E-state index contributed by atoms with van der Waals surface area (Å²) in [6, 6.07) is 5.76. The van der Waals surface area contributed by atoms with E-state index in [0.29, 0.717) is 0 Å². The first-order valence-electron chi connectivity index (χ1n) is 5.08. The van der Waals surface area contributed by atoms with E-state index >= 15 is 0 Å². The van der Waals surface area contributed by atoms with Crippen molar-refractivity contribution in [2.75, 3.05) is 0 Å². The van der Waals surface area contributed by atoms with Crippen molar-refractivity contribution in [3.63, 3.8) is 0 Å². The summed E-state index contributed by atoms with van der Waals surface area (Å²) in [6.07, 6.45) is 8.56. The second kappa shape index (κ2) is 6.76. The Labute approximate surface area is 89.5 Å². The quantitative estimate of drug-likeness (QED) is 0.726. The van der Waals surface area contributed by atoms with Gasteiger partial charge in [0.25, 0.3) is 0 Å². The van der Waals surface area contributed by atoms with Gasteiger partial charge in [-0.15, -0.1) is 0 Å². The number of nitrogens with zero attached hydrogens (tertiary/aromatic N) is 1. The van der Waals surface area contributed by atoms with E-state index in [1.54, 1.807) is 6.20 Å². The van der Waals surface area contributed by atoms with E-state index in [1.807, 2.05) is 30.4 Å².